The standard InChI is InChI=1S/C12H11N3/c1-2-8-15-9-7-13-10-12(15)5-3-6-14-11(12)4-1/h1-4,6-10H,5H2. The molecule has 1 unspecified atom stereocenters. The maximum absolute atomic E-state index is 4.43. The van der Waals surface area contributed by atoms with Crippen LogP contribution in [0.3, 0.4) is 0 Å². The van der Waals surface area contributed by atoms with E-state index in [4.69, 9.17) is 0 Å². The Kier molecular flexibility index (Phi) is 1.71. The zero-order chi connectivity index (χ0) is 10.1. The molecule has 1 spiro atoms. The Labute approximate surface area is 88.5 Å². The van der Waals surface area contributed by atoms with E-state index in [9.17, 15) is 0 Å². The second-order valence-corrected chi connectivity index (χ2v) is 3.71. The highest BCUT2D eigenvalue weighted by molar-refractivity contribution is 6.15. The monoisotopic (exact) mass is 197 g/mol. The minimum atomic E-state index is -0.201. The van der Waals surface area contributed by atoms with Crippen LogP contribution < -0.4 is 0 Å². The van der Waals surface area contributed by atoms with Crippen molar-refractivity contribution >= 4 is 11.9 Å². The van der Waals surface area contributed by atoms with Crippen molar-refractivity contribution in [1.82, 2.24) is 4.90 Å². The fourth-order valence-electron chi connectivity index (χ4n) is 2.07. The average Bonchev–Trinajstić information content (AvgIpc) is 2.47. The molecule has 0 aromatic rings. The number of allylic oxidation sites excluding steroid dienone is 2. The molecule has 0 aromatic carbocycles. The molecular formula is C12H11N3. The van der Waals surface area contributed by atoms with Crippen molar-refractivity contribution in [2.24, 2.45) is 9.98 Å². The van der Waals surface area contributed by atoms with E-state index in [0.717, 1.165) is 12.1 Å². The summed E-state index contributed by atoms with van der Waals surface area (Å²) in [5.41, 5.74) is 0.843. The molecular weight excluding hydrogens is 186 g/mol. The summed E-state index contributed by atoms with van der Waals surface area (Å²) in [7, 11) is 0. The molecule has 74 valence electrons. The summed E-state index contributed by atoms with van der Waals surface area (Å²) < 4.78 is 0. The Morgan fingerprint density at radius 1 is 1.20 bits per heavy atom. The molecule has 3 aliphatic rings. The SMILES string of the molecule is C1=CC2=NC=CCC23C=NC=CN3C=C1. The first-order valence-corrected chi connectivity index (χ1v) is 4.99. The minimum absolute atomic E-state index is 0.201. The van der Waals surface area contributed by atoms with Gasteiger partial charge in [-0.25, -0.2) is 0 Å². The number of aliphatic imine (C=N–C) groups is 2. The van der Waals surface area contributed by atoms with Crippen LogP contribution in [-0.2, 0) is 0 Å². The van der Waals surface area contributed by atoms with Gasteiger partial charge in [0.1, 0.15) is 5.54 Å². The van der Waals surface area contributed by atoms with E-state index in [0.29, 0.717) is 0 Å². The highest BCUT2D eigenvalue weighted by atomic mass is 15.2. The lowest BCUT2D eigenvalue weighted by atomic mass is 9.87. The predicted octanol–water partition coefficient (Wildman–Crippen LogP) is 2.02. The molecule has 0 amide bonds. The maximum atomic E-state index is 4.43. The van der Waals surface area contributed by atoms with Gasteiger partial charge in [0.15, 0.2) is 0 Å². The molecule has 3 heteroatoms. The molecule has 0 saturated carbocycles. The first-order chi connectivity index (χ1) is 7.42. The average molecular weight is 197 g/mol. The van der Waals surface area contributed by atoms with Gasteiger partial charge in [0.25, 0.3) is 0 Å². The molecule has 0 aromatic heterocycles. The molecule has 0 radical (unpaired) electrons. The van der Waals surface area contributed by atoms with Crippen LogP contribution in [0.2, 0.25) is 0 Å². The molecule has 3 heterocycles. The fourth-order valence-corrected chi connectivity index (χ4v) is 2.07. The van der Waals surface area contributed by atoms with Crippen LogP contribution in [0.1, 0.15) is 6.42 Å². The lowest BCUT2D eigenvalue weighted by Crippen LogP contribution is -2.52. The largest absolute Gasteiger partial charge is 0.336 e. The molecule has 0 aliphatic carbocycles. The van der Waals surface area contributed by atoms with Crippen molar-refractivity contribution in [3.8, 4) is 0 Å². The summed E-state index contributed by atoms with van der Waals surface area (Å²) in [6.45, 7) is 0. The van der Waals surface area contributed by atoms with Gasteiger partial charge in [0, 0.05) is 37.4 Å². The summed E-state index contributed by atoms with van der Waals surface area (Å²) in [4.78, 5) is 10.8. The summed E-state index contributed by atoms with van der Waals surface area (Å²) in [6, 6.07) is 0. The Hall–Kier alpha value is -1.90. The smallest absolute Gasteiger partial charge is 0.125 e. The van der Waals surface area contributed by atoms with Crippen molar-refractivity contribution in [2.75, 3.05) is 0 Å². The maximum Gasteiger partial charge on any atom is 0.125 e. The zero-order valence-corrected chi connectivity index (χ0v) is 8.24. The molecule has 0 fully saturated rings. The molecule has 0 bridgehead atoms. The van der Waals surface area contributed by atoms with Crippen molar-refractivity contribution in [1.29, 1.82) is 0 Å². The third kappa shape index (κ3) is 1.13. The summed E-state index contributed by atoms with van der Waals surface area (Å²) >= 11 is 0. The third-order valence-corrected chi connectivity index (χ3v) is 2.87. The Balaban J connectivity index is 2.17. The normalized spacial score (nSPS) is 30.9. The van der Waals surface area contributed by atoms with Crippen molar-refractivity contribution in [2.45, 2.75) is 12.0 Å². The van der Waals surface area contributed by atoms with Gasteiger partial charge in [-0.2, -0.15) is 0 Å². The topological polar surface area (TPSA) is 28.0 Å². The Morgan fingerprint density at radius 3 is 3.20 bits per heavy atom. The molecule has 0 N–H and O–H groups in total. The summed E-state index contributed by atoms with van der Waals surface area (Å²) in [6.07, 6.45) is 18.7. The van der Waals surface area contributed by atoms with Crippen LogP contribution in [0.25, 0.3) is 0 Å². The fraction of sp³-hybridized carbons (Fsp3) is 0.167. The van der Waals surface area contributed by atoms with E-state index in [1.165, 1.54) is 0 Å². The third-order valence-electron chi connectivity index (χ3n) is 2.87. The number of nitrogens with zero attached hydrogens (tertiary/aromatic N) is 3. The van der Waals surface area contributed by atoms with E-state index in [2.05, 4.69) is 27.2 Å². The van der Waals surface area contributed by atoms with Gasteiger partial charge in [-0.3, -0.25) is 9.98 Å². The van der Waals surface area contributed by atoms with Crippen molar-refractivity contribution in [3.63, 3.8) is 0 Å². The van der Waals surface area contributed by atoms with E-state index < -0.39 is 0 Å². The predicted molar refractivity (Wildman–Crippen MR) is 61.7 cm³/mol. The summed E-state index contributed by atoms with van der Waals surface area (Å²) in [5, 5.41) is 0. The number of hydrogen-bond acceptors (Lipinski definition) is 3. The lowest BCUT2D eigenvalue weighted by Gasteiger charge is -2.40. The van der Waals surface area contributed by atoms with Gasteiger partial charge in [0.05, 0.1) is 5.71 Å². The first kappa shape index (κ1) is 8.41. The quantitative estimate of drug-likeness (QED) is 0.584. The molecule has 3 aliphatic heterocycles. The molecule has 0 saturated heterocycles. The van der Waals surface area contributed by atoms with Crippen LogP contribution in [0.5, 0.6) is 0 Å². The first-order valence-electron chi connectivity index (χ1n) is 4.99. The second-order valence-electron chi connectivity index (χ2n) is 3.71. The van der Waals surface area contributed by atoms with Gasteiger partial charge >= 0.3 is 0 Å². The van der Waals surface area contributed by atoms with Crippen molar-refractivity contribution in [3.05, 3.63) is 49.1 Å². The summed E-state index contributed by atoms with van der Waals surface area (Å²) in [5.74, 6) is 0. The zero-order valence-electron chi connectivity index (χ0n) is 8.24. The second kappa shape index (κ2) is 3.05. The molecule has 3 nitrogen and oxygen atoms in total. The molecule has 1 atom stereocenters. The van der Waals surface area contributed by atoms with Gasteiger partial charge in [-0.15, -0.1) is 0 Å². The van der Waals surface area contributed by atoms with Crippen LogP contribution in [0, 0.1) is 0 Å². The lowest BCUT2D eigenvalue weighted by molar-refractivity contribution is 0.383. The van der Waals surface area contributed by atoms with Crippen LogP contribution in [-0.4, -0.2) is 22.4 Å². The van der Waals surface area contributed by atoms with E-state index in [-0.39, 0.29) is 5.54 Å². The highest BCUT2D eigenvalue weighted by Crippen LogP contribution is 2.29. The van der Waals surface area contributed by atoms with E-state index >= 15 is 0 Å². The Morgan fingerprint density at radius 2 is 2.20 bits per heavy atom. The van der Waals surface area contributed by atoms with Crippen LogP contribution in [0.4, 0.5) is 0 Å². The van der Waals surface area contributed by atoms with E-state index in [1.807, 2.05) is 36.8 Å². The van der Waals surface area contributed by atoms with Gasteiger partial charge in [0.2, 0.25) is 0 Å². The number of hydrogen-bond donors (Lipinski definition) is 0. The van der Waals surface area contributed by atoms with Gasteiger partial charge < -0.3 is 4.90 Å². The van der Waals surface area contributed by atoms with Crippen LogP contribution >= 0.6 is 0 Å². The van der Waals surface area contributed by atoms with Gasteiger partial charge in [-0.05, 0) is 12.2 Å². The minimum Gasteiger partial charge on any atom is -0.336 e. The molecule has 15 heavy (non-hydrogen) atoms. The van der Waals surface area contributed by atoms with Crippen molar-refractivity contribution < 1.29 is 0 Å². The van der Waals surface area contributed by atoms with Crippen LogP contribution in [0.15, 0.2) is 59.1 Å². The number of rotatable bonds is 0. The Bertz CT molecular complexity index is 451. The highest BCUT2D eigenvalue weighted by Gasteiger charge is 2.38. The van der Waals surface area contributed by atoms with Gasteiger partial charge in [-0.1, -0.05) is 12.2 Å². The van der Waals surface area contributed by atoms with E-state index in [1.54, 1.807) is 6.20 Å². The molecule has 3 rings (SSSR count).